The zero-order chi connectivity index (χ0) is 12.1. The zero-order valence-corrected chi connectivity index (χ0v) is 10.4. The van der Waals surface area contributed by atoms with Gasteiger partial charge in [0.05, 0.1) is 6.61 Å². The third-order valence-corrected chi connectivity index (χ3v) is 3.04. The summed E-state index contributed by atoms with van der Waals surface area (Å²) >= 11 is 1.65. The van der Waals surface area contributed by atoms with E-state index in [0.717, 1.165) is 5.69 Å². The highest BCUT2D eigenvalue weighted by molar-refractivity contribution is 7.07. The van der Waals surface area contributed by atoms with Crippen LogP contribution in [0.4, 0.5) is 10.1 Å². The SMILES string of the molecule is CCOc1ccc(NCc2ccsc2)cc1F. The van der Waals surface area contributed by atoms with Gasteiger partial charge in [-0.15, -0.1) is 0 Å². The highest BCUT2D eigenvalue weighted by Gasteiger charge is 2.03. The van der Waals surface area contributed by atoms with Gasteiger partial charge < -0.3 is 10.1 Å². The lowest BCUT2D eigenvalue weighted by Crippen LogP contribution is -2.00. The lowest BCUT2D eigenvalue weighted by molar-refractivity contribution is 0.321. The van der Waals surface area contributed by atoms with Gasteiger partial charge in [0.1, 0.15) is 0 Å². The van der Waals surface area contributed by atoms with Crippen LogP contribution < -0.4 is 10.1 Å². The van der Waals surface area contributed by atoms with Crippen LogP contribution in [-0.2, 0) is 6.54 Å². The van der Waals surface area contributed by atoms with Crippen molar-refractivity contribution < 1.29 is 9.13 Å². The Kier molecular flexibility index (Phi) is 3.98. The molecule has 17 heavy (non-hydrogen) atoms. The lowest BCUT2D eigenvalue weighted by atomic mass is 10.2. The topological polar surface area (TPSA) is 21.3 Å². The monoisotopic (exact) mass is 251 g/mol. The quantitative estimate of drug-likeness (QED) is 0.870. The molecular formula is C13H14FNOS. The summed E-state index contributed by atoms with van der Waals surface area (Å²) in [6.07, 6.45) is 0. The van der Waals surface area contributed by atoms with E-state index in [-0.39, 0.29) is 5.82 Å². The van der Waals surface area contributed by atoms with Crippen LogP contribution in [0.25, 0.3) is 0 Å². The number of rotatable bonds is 5. The van der Waals surface area contributed by atoms with Crippen LogP contribution in [0.3, 0.4) is 0 Å². The maximum Gasteiger partial charge on any atom is 0.167 e. The molecule has 4 heteroatoms. The zero-order valence-electron chi connectivity index (χ0n) is 9.57. The maximum atomic E-state index is 13.5. The summed E-state index contributed by atoms with van der Waals surface area (Å²) in [6.45, 7) is 3.01. The Bertz CT molecular complexity index is 470. The number of benzene rings is 1. The van der Waals surface area contributed by atoms with E-state index in [4.69, 9.17) is 4.74 Å². The summed E-state index contributed by atoms with van der Waals surface area (Å²) in [5, 5.41) is 7.26. The summed E-state index contributed by atoms with van der Waals surface area (Å²) in [4.78, 5) is 0. The number of halogens is 1. The molecule has 2 aromatic rings. The molecule has 0 aliphatic heterocycles. The molecule has 0 fully saturated rings. The molecule has 0 aliphatic carbocycles. The first kappa shape index (κ1) is 11.9. The first-order valence-electron chi connectivity index (χ1n) is 5.47. The second-order valence-electron chi connectivity index (χ2n) is 3.56. The van der Waals surface area contributed by atoms with Gasteiger partial charge >= 0.3 is 0 Å². The number of ether oxygens (including phenoxy) is 1. The normalized spacial score (nSPS) is 10.2. The van der Waals surface area contributed by atoms with Gasteiger partial charge in [0.2, 0.25) is 0 Å². The fourth-order valence-electron chi connectivity index (χ4n) is 1.48. The highest BCUT2D eigenvalue weighted by Crippen LogP contribution is 2.21. The van der Waals surface area contributed by atoms with Crippen molar-refractivity contribution in [2.75, 3.05) is 11.9 Å². The van der Waals surface area contributed by atoms with Crippen molar-refractivity contribution in [3.8, 4) is 5.75 Å². The van der Waals surface area contributed by atoms with Gasteiger partial charge in [-0.1, -0.05) is 0 Å². The molecule has 0 bridgehead atoms. The third-order valence-electron chi connectivity index (χ3n) is 2.31. The fourth-order valence-corrected chi connectivity index (χ4v) is 2.15. The number of nitrogens with one attached hydrogen (secondary N) is 1. The van der Waals surface area contributed by atoms with Crippen LogP contribution in [0.5, 0.6) is 5.75 Å². The Balaban J connectivity index is 2.00. The predicted molar refractivity (Wildman–Crippen MR) is 69.2 cm³/mol. The molecule has 1 heterocycles. The van der Waals surface area contributed by atoms with Gasteiger partial charge in [0.25, 0.3) is 0 Å². The summed E-state index contributed by atoms with van der Waals surface area (Å²) in [7, 11) is 0. The Morgan fingerprint density at radius 3 is 2.88 bits per heavy atom. The van der Waals surface area contributed by atoms with E-state index in [1.54, 1.807) is 17.4 Å². The van der Waals surface area contributed by atoms with E-state index in [9.17, 15) is 4.39 Å². The molecular weight excluding hydrogens is 237 g/mol. The van der Waals surface area contributed by atoms with Gasteiger partial charge in [-0.25, -0.2) is 4.39 Å². The highest BCUT2D eigenvalue weighted by atomic mass is 32.1. The van der Waals surface area contributed by atoms with Crippen LogP contribution in [0.1, 0.15) is 12.5 Å². The standard InChI is InChI=1S/C13H14FNOS/c1-2-16-13-4-3-11(7-12(13)14)15-8-10-5-6-17-9-10/h3-7,9,15H,2,8H2,1H3. The van der Waals surface area contributed by atoms with Crippen molar-refractivity contribution >= 4 is 17.0 Å². The van der Waals surface area contributed by atoms with Crippen LogP contribution >= 0.6 is 11.3 Å². The molecule has 0 radical (unpaired) electrons. The van der Waals surface area contributed by atoms with Crippen LogP contribution in [-0.4, -0.2) is 6.61 Å². The number of hydrogen-bond acceptors (Lipinski definition) is 3. The molecule has 0 amide bonds. The van der Waals surface area contributed by atoms with E-state index < -0.39 is 0 Å². The molecule has 0 saturated heterocycles. The second-order valence-corrected chi connectivity index (χ2v) is 4.34. The molecule has 2 nitrogen and oxygen atoms in total. The van der Waals surface area contributed by atoms with E-state index in [0.29, 0.717) is 18.9 Å². The molecule has 90 valence electrons. The molecule has 1 aromatic heterocycles. The molecule has 1 aromatic carbocycles. The molecule has 0 unspecified atom stereocenters. The van der Waals surface area contributed by atoms with Crippen molar-refractivity contribution in [1.82, 2.24) is 0 Å². The van der Waals surface area contributed by atoms with Gasteiger partial charge in [0.15, 0.2) is 11.6 Å². The van der Waals surface area contributed by atoms with E-state index in [2.05, 4.69) is 10.7 Å². The second kappa shape index (κ2) is 5.68. The van der Waals surface area contributed by atoms with E-state index in [1.165, 1.54) is 11.6 Å². The van der Waals surface area contributed by atoms with Gasteiger partial charge in [-0.05, 0) is 41.4 Å². The Labute approximate surface area is 104 Å². The van der Waals surface area contributed by atoms with E-state index >= 15 is 0 Å². The maximum absolute atomic E-state index is 13.5. The Morgan fingerprint density at radius 2 is 2.24 bits per heavy atom. The summed E-state index contributed by atoms with van der Waals surface area (Å²) in [6, 6.07) is 6.97. The van der Waals surface area contributed by atoms with Crippen molar-refractivity contribution in [2.45, 2.75) is 13.5 Å². The summed E-state index contributed by atoms with van der Waals surface area (Å²) in [5.74, 6) is -0.0317. The Morgan fingerprint density at radius 1 is 1.35 bits per heavy atom. The molecule has 0 spiro atoms. The molecule has 0 atom stereocenters. The Hall–Kier alpha value is -1.55. The lowest BCUT2D eigenvalue weighted by Gasteiger charge is -2.08. The molecule has 1 N–H and O–H groups in total. The van der Waals surface area contributed by atoms with Crippen molar-refractivity contribution in [3.63, 3.8) is 0 Å². The van der Waals surface area contributed by atoms with Crippen molar-refractivity contribution in [1.29, 1.82) is 0 Å². The molecule has 0 saturated carbocycles. The number of anilines is 1. The minimum Gasteiger partial charge on any atom is -0.491 e. The molecule has 0 aliphatic rings. The van der Waals surface area contributed by atoms with Gasteiger partial charge in [0, 0.05) is 18.3 Å². The number of thiophene rings is 1. The van der Waals surface area contributed by atoms with Gasteiger partial charge in [-0.3, -0.25) is 0 Å². The molecule has 2 rings (SSSR count). The minimum atomic E-state index is -0.331. The average Bonchev–Trinajstić information content (AvgIpc) is 2.83. The third kappa shape index (κ3) is 3.20. The summed E-state index contributed by atoms with van der Waals surface area (Å²) in [5.41, 5.74) is 1.96. The first-order chi connectivity index (χ1) is 8.29. The summed E-state index contributed by atoms with van der Waals surface area (Å²) < 4.78 is 18.7. The first-order valence-corrected chi connectivity index (χ1v) is 6.41. The van der Waals surface area contributed by atoms with E-state index in [1.807, 2.05) is 24.4 Å². The fraction of sp³-hybridized carbons (Fsp3) is 0.231. The smallest absolute Gasteiger partial charge is 0.167 e. The number of hydrogen-bond donors (Lipinski definition) is 1. The van der Waals surface area contributed by atoms with Crippen LogP contribution in [0.15, 0.2) is 35.0 Å². The van der Waals surface area contributed by atoms with Gasteiger partial charge in [-0.2, -0.15) is 11.3 Å². The minimum absolute atomic E-state index is 0.300. The van der Waals surface area contributed by atoms with Crippen LogP contribution in [0.2, 0.25) is 0 Å². The average molecular weight is 251 g/mol. The van der Waals surface area contributed by atoms with Crippen LogP contribution in [0, 0.1) is 5.82 Å². The van der Waals surface area contributed by atoms with Crippen molar-refractivity contribution in [2.24, 2.45) is 0 Å². The van der Waals surface area contributed by atoms with Crippen molar-refractivity contribution in [3.05, 3.63) is 46.4 Å². The predicted octanol–water partition coefficient (Wildman–Crippen LogP) is 3.90. The largest absolute Gasteiger partial charge is 0.491 e.